The quantitative estimate of drug-likeness (QED) is 0.823. The van der Waals surface area contributed by atoms with Gasteiger partial charge in [0.25, 0.3) is 0 Å². The second-order valence-electron chi connectivity index (χ2n) is 3.20. The zero-order valence-electron chi connectivity index (χ0n) is 8.31. The van der Waals surface area contributed by atoms with Crippen LogP contribution in [0.15, 0.2) is 48.5 Å². The smallest absolute Gasteiger partial charge is 0.128 e. The maximum Gasteiger partial charge on any atom is 0.128 e. The Balaban J connectivity index is 2.17. The molecule has 0 saturated heterocycles. The first kappa shape index (κ1) is 9.74. The summed E-state index contributed by atoms with van der Waals surface area (Å²) in [6, 6.07) is 18.2. The van der Waals surface area contributed by atoms with Crippen molar-refractivity contribution in [3.05, 3.63) is 60.2 Å². The lowest BCUT2D eigenvalue weighted by atomic mass is 10.2. The van der Waals surface area contributed by atoms with Crippen LogP contribution in [-0.2, 0) is 6.54 Å². The Bertz CT molecular complexity index is 426. The maximum absolute atomic E-state index is 5.63. The number of nitrogens with two attached hydrogens (primary N) is 1. The van der Waals surface area contributed by atoms with E-state index in [2.05, 4.69) is 6.07 Å². The Morgan fingerprint density at radius 1 is 1.07 bits per heavy atom. The van der Waals surface area contributed by atoms with E-state index in [-0.39, 0.29) is 0 Å². The van der Waals surface area contributed by atoms with Gasteiger partial charge in [0.2, 0.25) is 0 Å². The molecule has 0 aromatic heterocycles. The molecule has 1 radical (unpaired) electrons. The summed E-state index contributed by atoms with van der Waals surface area (Å²) < 4.78 is 5.63. The van der Waals surface area contributed by atoms with Crippen LogP contribution in [0.1, 0.15) is 5.56 Å². The summed E-state index contributed by atoms with van der Waals surface area (Å²) in [7, 11) is 0. The number of rotatable bonds is 3. The highest BCUT2D eigenvalue weighted by Crippen LogP contribution is 2.21. The first-order chi connectivity index (χ1) is 7.38. The summed E-state index contributed by atoms with van der Waals surface area (Å²) >= 11 is 0. The lowest BCUT2D eigenvalue weighted by Crippen LogP contribution is -1.96. The number of hydrogen-bond donors (Lipinski definition) is 1. The van der Waals surface area contributed by atoms with Crippen LogP contribution in [0.25, 0.3) is 0 Å². The van der Waals surface area contributed by atoms with Crippen molar-refractivity contribution < 1.29 is 4.74 Å². The van der Waals surface area contributed by atoms with E-state index in [1.54, 1.807) is 6.07 Å². The van der Waals surface area contributed by atoms with Crippen LogP contribution in [0.2, 0.25) is 0 Å². The Morgan fingerprint density at radius 3 is 2.60 bits per heavy atom. The lowest BCUT2D eigenvalue weighted by molar-refractivity contribution is 0.482. The molecule has 0 unspecified atom stereocenters. The average Bonchev–Trinajstić information content (AvgIpc) is 2.31. The van der Waals surface area contributed by atoms with E-state index in [0.717, 1.165) is 17.1 Å². The van der Waals surface area contributed by atoms with Crippen molar-refractivity contribution in [2.75, 3.05) is 0 Å². The fraction of sp³-hybridized carbons (Fsp3) is 0.0769. The van der Waals surface area contributed by atoms with Gasteiger partial charge in [-0.15, -0.1) is 0 Å². The Hall–Kier alpha value is -1.80. The van der Waals surface area contributed by atoms with Gasteiger partial charge in [-0.2, -0.15) is 0 Å². The molecule has 0 atom stereocenters. The molecule has 0 fully saturated rings. The van der Waals surface area contributed by atoms with Gasteiger partial charge in [-0.1, -0.05) is 18.2 Å². The van der Waals surface area contributed by atoms with E-state index in [1.165, 1.54) is 0 Å². The van der Waals surface area contributed by atoms with Crippen molar-refractivity contribution in [1.29, 1.82) is 0 Å². The summed E-state index contributed by atoms with van der Waals surface area (Å²) in [5.74, 6) is 1.59. The van der Waals surface area contributed by atoms with E-state index in [9.17, 15) is 0 Å². The van der Waals surface area contributed by atoms with Crippen molar-refractivity contribution in [3.8, 4) is 11.5 Å². The number of hydrogen-bond acceptors (Lipinski definition) is 2. The fourth-order valence-electron chi connectivity index (χ4n) is 1.30. The predicted octanol–water partition coefficient (Wildman–Crippen LogP) is 2.74. The van der Waals surface area contributed by atoms with Gasteiger partial charge in [-0.25, -0.2) is 0 Å². The van der Waals surface area contributed by atoms with Crippen molar-refractivity contribution in [3.63, 3.8) is 0 Å². The second kappa shape index (κ2) is 4.62. The molecule has 2 rings (SSSR count). The van der Waals surface area contributed by atoms with Crippen LogP contribution in [0.3, 0.4) is 0 Å². The summed E-state index contributed by atoms with van der Waals surface area (Å²) in [4.78, 5) is 0. The molecule has 0 heterocycles. The van der Waals surface area contributed by atoms with Gasteiger partial charge >= 0.3 is 0 Å². The minimum atomic E-state index is 0.502. The van der Waals surface area contributed by atoms with E-state index in [4.69, 9.17) is 10.5 Å². The topological polar surface area (TPSA) is 35.2 Å². The molecule has 0 amide bonds. The summed E-state index contributed by atoms with van der Waals surface area (Å²) in [6.45, 7) is 0.502. The Labute approximate surface area is 89.3 Å². The van der Waals surface area contributed by atoms with Crippen LogP contribution in [0.4, 0.5) is 0 Å². The van der Waals surface area contributed by atoms with Gasteiger partial charge in [0, 0.05) is 6.54 Å². The third-order valence-electron chi connectivity index (χ3n) is 2.04. The molecule has 2 heteroatoms. The normalized spacial score (nSPS) is 9.93. The highest BCUT2D eigenvalue weighted by Gasteiger charge is 1.97. The zero-order valence-corrected chi connectivity index (χ0v) is 8.31. The van der Waals surface area contributed by atoms with Crippen molar-refractivity contribution in [1.82, 2.24) is 0 Å². The van der Waals surface area contributed by atoms with Gasteiger partial charge in [0.1, 0.15) is 11.5 Å². The summed E-state index contributed by atoms with van der Waals surface area (Å²) in [5.41, 5.74) is 6.55. The van der Waals surface area contributed by atoms with Crippen molar-refractivity contribution >= 4 is 0 Å². The zero-order chi connectivity index (χ0) is 10.5. The van der Waals surface area contributed by atoms with Crippen LogP contribution >= 0.6 is 0 Å². The SMILES string of the molecule is NCc1c[c]cc(Oc2ccccc2)c1. The van der Waals surface area contributed by atoms with E-state index in [0.29, 0.717) is 6.54 Å². The molecule has 0 aliphatic heterocycles. The molecule has 15 heavy (non-hydrogen) atoms. The van der Waals surface area contributed by atoms with Crippen molar-refractivity contribution in [2.24, 2.45) is 5.73 Å². The third-order valence-corrected chi connectivity index (χ3v) is 2.04. The van der Waals surface area contributed by atoms with E-state index in [1.807, 2.05) is 42.5 Å². The maximum atomic E-state index is 5.63. The molecule has 75 valence electrons. The number of benzene rings is 2. The van der Waals surface area contributed by atoms with Gasteiger partial charge in [0.05, 0.1) is 0 Å². The molecular weight excluding hydrogens is 186 g/mol. The largest absolute Gasteiger partial charge is 0.457 e. The molecule has 2 nitrogen and oxygen atoms in total. The highest BCUT2D eigenvalue weighted by molar-refractivity contribution is 5.33. The van der Waals surface area contributed by atoms with Gasteiger partial charge in [0.15, 0.2) is 0 Å². The summed E-state index contributed by atoms with van der Waals surface area (Å²) in [6.07, 6.45) is 0. The Kier molecular flexibility index (Phi) is 3.00. The third kappa shape index (κ3) is 2.58. The number of para-hydroxylation sites is 1. The monoisotopic (exact) mass is 198 g/mol. The second-order valence-corrected chi connectivity index (χ2v) is 3.20. The minimum absolute atomic E-state index is 0.502. The van der Waals surface area contributed by atoms with Crippen LogP contribution in [0, 0.1) is 6.07 Å². The minimum Gasteiger partial charge on any atom is -0.457 e. The van der Waals surface area contributed by atoms with Crippen LogP contribution in [0.5, 0.6) is 11.5 Å². The average molecular weight is 198 g/mol. The molecule has 2 aromatic rings. The van der Waals surface area contributed by atoms with E-state index < -0.39 is 0 Å². The van der Waals surface area contributed by atoms with Crippen LogP contribution < -0.4 is 10.5 Å². The van der Waals surface area contributed by atoms with Gasteiger partial charge in [-0.05, 0) is 42.0 Å². The molecule has 2 aromatic carbocycles. The Morgan fingerprint density at radius 2 is 1.87 bits per heavy atom. The summed E-state index contributed by atoms with van der Waals surface area (Å²) in [5, 5.41) is 0. The van der Waals surface area contributed by atoms with Crippen molar-refractivity contribution in [2.45, 2.75) is 6.54 Å². The lowest BCUT2D eigenvalue weighted by Gasteiger charge is -2.06. The first-order valence-electron chi connectivity index (χ1n) is 4.81. The standard InChI is InChI=1S/C13H12NO/c14-10-11-5-4-8-13(9-11)15-12-6-2-1-3-7-12/h1-3,5-9H,10,14H2. The van der Waals surface area contributed by atoms with Gasteiger partial charge < -0.3 is 10.5 Å². The predicted molar refractivity (Wildman–Crippen MR) is 59.7 cm³/mol. The molecule has 0 bridgehead atoms. The fourth-order valence-corrected chi connectivity index (χ4v) is 1.30. The highest BCUT2D eigenvalue weighted by atomic mass is 16.5. The molecular formula is C13H12NO. The molecule has 0 aliphatic carbocycles. The van der Waals surface area contributed by atoms with Gasteiger partial charge in [-0.3, -0.25) is 0 Å². The first-order valence-corrected chi connectivity index (χ1v) is 4.81. The molecule has 0 aliphatic rings. The van der Waals surface area contributed by atoms with E-state index >= 15 is 0 Å². The van der Waals surface area contributed by atoms with Crippen LogP contribution in [-0.4, -0.2) is 0 Å². The molecule has 2 N–H and O–H groups in total. The number of ether oxygens (including phenoxy) is 1. The molecule has 0 spiro atoms. The molecule has 0 saturated carbocycles.